The van der Waals surface area contributed by atoms with Crippen LogP contribution in [0.25, 0.3) is 0 Å². The Morgan fingerprint density at radius 1 is 0.562 bits per heavy atom. The molecule has 0 fully saturated rings. The fraction of sp³-hybridized carbons (Fsp3) is 0.750. The first-order valence-corrected chi connectivity index (χ1v) is 7.30. The van der Waals surface area contributed by atoms with Gasteiger partial charge in [0.05, 0.1) is 0 Å². The van der Waals surface area contributed by atoms with Crippen LogP contribution in [0.5, 0.6) is 0 Å². The molecule has 0 aromatic rings. The molecule has 2 rings (SSSR count). The molecule has 0 nitrogen and oxygen atoms in total. The van der Waals surface area contributed by atoms with Crippen LogP contribution in [0.2, 0.25) is 0 Å². The predicted octanol–water partition coefficient (Wildman–Crippen LogP) is 5.26. The van der Waals surface area contributed by atoms with E-state index in [1.54, 1.807) is 0 Å². The summed E-state index contributed by atoms with van der Waals surface area (Å²) in [6.07, 6.45) is 24.0. The maximum Gasteiger partial charge on any atom is -0.0171 e. The molecule has 0 bridgehead atoms. The van der Waals surface area contributed by atoms with Gasteiger partial charge in [-0.2, -0.15) is 0 Å². The van der Waals surface area contributed by atoms with E-state index in [1.165, 1.54) is 64.2 Å². The number of allylic oxidation sites excluding steroid dienone is 4. The lowest BCUT2D eigenvalue weighted by atomic mass is 9.81. The number of hydrogen-bond donors (Lipinski definition) is 0. The molecule has 0 saturated heterocycles. The van der Waals surface area contributed by atoms with Crippen LogP contribution in [-0.2, 0) is 0 Å². The number of rotatable bonds is 1. The molecule has 16 heavy (non-hydrogen) atoms. The molecular weight excluding hydrogens is 192 g/mol. The molecule has 0 unspecified atom stereocenters. The van der Waals surface area contributed by atoms with E-state index in [1.807, 2.05) is 0 Å². The molecule has 2 atom stereocenters. The van der Waals surface area contributed by atoms with E-state index in [9.17, 15) is 0 Å². The summed E-state index contributed by atoms with van der Waals surface area (Å²) in [6, 6.07) is 0. The lowest BCUT2D eigenvalue weighted by Crippen LogP contribution is -2.12. The monoisotopic (exact) mass is 218 g/mol. The summed E-state index contributed by atoms with van der Waals surface area (Å²) in [5.74, 6) is 1.68. The molecule has 0 aromatic heterocycles. The Kier molecular flexibility index (Phi) is 5.18. The summed E-state index contributed by atoms with van der Waals surface area (Å²) in [7, 11) is 0. The zero-order chi connectivity index (χ0) is 11.1. The maximum atomic E-state index is 2.52. The fourth-order valence-electron chi connectivity index (χ4n) is 3.09. The van der Waals surface area contributed by atoms with E-state index in [0.717, 1.165) is 11.8 Å². The molecular formula is C16H26. The lowest BCUT2D eigenvalue weighted by molar-refractivity contribution is 0.379. The van der Waals surface area contributed by atoms with Crippen molar-refractivity contribution in [1.82, 2.24) is 0 Å². The van der Waals surface area contributed by atoms with E-state index in [4.69, 9.17) is 0 Å². The Labute approximate surface area is 101 Å². The third-order valence-corrected chi connectivity index (χ3v) is 4.13. The van der Waals surface area contributed by atoms with Crippen LogP contribution < -0.4 is 0 Å². The number of hydrogen-bond acceptors (Lipinski definition) is 0. The smallest absolute Gasteiger partial charge is 0.0171 e. The molecule has 0 heteroatoms. The summed E-state index contributed by atoms with van der Waals surface area (Å²) in [5, 5.41) is 0. The Balaban J connectivity index is 1.96. The van der Waals surface area contributed by atoms with Crippen LogP contribution in [0.1, 0.15) is 64.2 Å². The molecule has 0 radical (unpaired) electrons. The third-order valence-electron chi connectivity index (χ3n) is 4.13. The summed E-state index contributed by atoms with van der Waals surface area (Å²) >= 11 is 0. The van der Waals surface area contributed by atoms with E-state index >= 15 is 0 Å². The van der Waals surface area contributed by atoms with Crippen LogP contribution in [-0.4, -0.2) is 0 Å². The largest absolute Gasteiger partial charge is 0.0882 e. The Morgan fingerprint density at radius 3 is 1.56 bits per heavy atom. The first-order chi connectivity index (χ1) is 7.97. The van der Waals surface area contributed by atoms with Gasteiger partial charge < -0.3 is 0 Å². The van der Waals surface area contributed by atoms with Gasteiger partial charge in [0.15, 0.2) is 0 Å². The average molecular weight is 218 g/mol. The van der Waals surface area contributed by atoms with Crippen LogP contribution in [0.3, 0.4) is 0 Å². The minimum absolute atomic E-state index is 0.842. The zero-order valence-corrected chi connectivity index (χ0v) is 10.5. The van der Waals surface area contributed by atoms with Gasteiger partial charge in [-0.25, -0.2) is 0 Å². The van der Waals surface area contributed by atoms with Crippen molar-refractivity contribution in [1.29, 1.82) is 0 Å². The van der Waals surface area contributed by atoms with Crippen molar-refractivity contribution in [2.45, 2.75) is 64.2 Å². The van der Waals surface area contributed by atoms with Crippen molar-refractivity contribution in [3.8, 4) is 0 Å². The van der Waals surface area contributed by atoms with E-state index in [0.29, 0.717) is 0 Å². The molecule has 0 heterocycles. The maximum absolute atomic E-state index is 2.52. The Morgan fingerprint density at radius 2 is 1.06 bits per heavy atom. The van der Waals surface area contributed by atoms with Crippen LogP contribution in [0.15, 0.2) is 24.3 Å². The highest BCUT2D eigenvalue weighted by Crippen LogP contribution is 2.30. The Bertz CT molecular complexity index is 210. The SMILES string of the molecule is C1=C[C@@H]([C@H]2C=CCCCCC2)CCCCC1. The van der Waals surface area contributed by atoms with Crippen molar-refractivity contribution < 1.29 is 0 Å². The molecule has 0 spiro atoms. The Hall–Kier alpha value is -0.520. The summed E-state index contributed by atoms with van der Waals surface area (Å²) in [5.41, 5.74) is 0. The molecule has 0 saturated carbocycles. The van der Waals surface area contributed by atoms with Crippen molar-refractivity contribution in [2.24, 2.45) is 11.8 Å². The fourth-order valence-corrected chi connectivity index (χ4v) is 3.09. The van der Waals surface area contributed by atoms with Gasteiger partial charge in [-0.05, 0) is 50.4 Å². The molecule has 2 aliphatic carbocycles. The van der Waals surface area contributed by atoms with Crippen LogP contribution in [0.4, 0.5) is 0 Å². The molecule has 0 aliphatic heterocycles. The average Bonchev–Trinajstić information content (AvgIpc) is 2.18. The molecule has 0 aromatic carbocycles. The summed E-state index contributed by atoms with van der Waals surface area (Å²) < 4.78 is 0. The lowest BCUT2D eigenvalue weighted by Gasteiger charge is -2.24. The van der Waals surface area contributed by atoms with Crippen molar-refractivity contribution in [3.63, 3.8) is 0 Å². The van der Waals surface area contributed by atoms with Gasteiger partial charge in [-0.15, -0.1) is 0 Å². The van der Waals surface area contributed by atoms with E-state index in [-0.39, 0.29) is 0 Å². The second-order valence-corrected chi connectivity index (χ2v) is 5.46. The third kappa shape index (κ3) is 3.81. The van der Waals surface area contributed by atoms with Gasteiger partial charge in [-0.1, -0.05) is 50.0 Å². The standard InChI is InChI=1S/C16H26/c1-3-7-11-15(12-8-4-1)16-13-9-5-2-6-10-14-16/h7,9,11,13,15-16H,1-6,8,10,12,14H2/t15-,16+. The second kappa shape index (κ2) is 6.93. The van der Waals surface area contributed by atoms with Gasteiger partial charge in [0.25, 0.3) is 0 Å². The highest BCUT2D eigenvalue weighted by atomic mass is 14.2. The van der Waals surface area contributed by atoms with Crippen molar-refractivity contribution in [2.75, 3.05) is 0 Å². The second-order valence-electron chi connectivity index (χ2n) is 5.46. The van der Waals surface area contributed by atoms with Crippen molar-refractivity contribution in [3.05, 3.63) is 24.3 Å². The highest BCUT2D eigenvalue weighted by molar-refractivity contribution is 5.01. The minimum Gasteiger partial charge on any atom is -0.0882 e. The normalized spacial score (nSPS) is 32.5. The van der Waals surface area contributed by atoms with E-state index < -0.39 is 0 Å². The predicted molar refractivity (Wildman–Crippen MR) is 71.4 cm³/mol. The van der Waals surface area contributed by atoms with Gasteiger partial charge in [0.1, 0.15) is 0 Å². The molecule has 0 N–H and O–H groups in total. The van der Waals surface area contributed by atoms with Crippen LogP contribution >= 0.6 is 0 Å². The minimum atomic E-state index is 0.842. The van der Waals surface area contributed by atoms with E-state index in [2.05, 4.69) is 24.3 Å². The first kappa shape index (κ1) is 12.0. The highest BCUT2D eigenvalue weighted by Gasteiger charge is 2.17. The molecule has 2 aliphatic rings. The van der Waals surface area contributed by atoms with Gasteiger partial charge in [-0.3, -0.25) is 0 Å². The molecule has 90 valence electrons. The summed E-state index contributed by atoms with van der Waals surface area (Å²) in [6.45, 7) is 0. The molecule has 0 amide bonds. The van der Waals surface area contributed by atoms with Gasteiger partial charge in [0.2, 0.25) is 0 Å². The van der Waals surface area contributed by atoms with Crippen LogP contribution in [0, 0.1) is 11.8 Å². The zero-order valence-electron chi connectivity index (χ0n) is 10.5. The van der Waals surface area contributed by atoms with Crippen molar-refractivity contribution >= 4 is 0 Å². The summed E-state index contributed by atoms with van der Waals surface area (Å²) in [4.78, 5) is 0. The van der Waals surface area contributed by atoms with Gasteiger partial charge >= 0.3 is 0 Å². The topological polar surface area (TPSA) is 0 Å². The van der Waals surface area contributed by atoms with Gasteiger partial charge in [0, 0.05) is 0 Å². The quantitative estimate of drug-likeness (QED) is 0.527. The first-order valence-electron chi connectivity index (χ1n) is 7.30.